The van der Waals surface area contributed by atoms with Gasteiger partial charge in [0, 0.05) is 18.6 Å². The number of hydrogen-bond donors (Lipinski definition) is 1. The third kappa shape index (κ3) is 3.25. The lowest BCUT2D eigenvalue weighted by Crippen LogP contribution is -2.47. The van der Waals surface area contributed by atoms with Gasteiger partial charge in [0.2, 0.25) is 5.91 Å². The second-order valence-electron chi connectivity index (χ2n) is 6.14. The summed E-state index contributed by atoms with van der Waals surface area (Å²) in [5.74, 6) is 0.437. The summed E-state index contributed by atoms with van der Waals surface area (Å²) < 4.78 is 0. The Labute approximate surface area is 111 Å². The number of likely N-dealkylation sites (tertiary alicyclic amines) is 1. The van der Waals surface area contributed by atoms with Crippen molar-refractivity contribution in [2.24, 2.45) is 11.7 Å². The molecular formula is C15H28N2O. The average molecular weight is 252 g/mol. The van der Waals surface area contributed by atoms with Crippen molar-refractivity contribution in [1.29, 1.82) is 0 Å². The molecule has 2 fully saturated rings. The van der Waals surface area contributed by atoms with Gasteiger partial charge < -0.3 is 10.6 Å². The first kappa shape index (κ1) is 13.9. The van der Waals surface area contributed by atoms with Gasteiger partial charge in [-0.25, -0.2) is 0 Å². The van der Waals surface area contributed by atoms with Gasteiger partial charge in [-0.05, 0) is 32.6 Å². The quantitative estimate of drug-likeness (QED) is 0.729. The fraction of sp³-hybridized carbons (Fsp3) is 0.933. The van der Waals surface area contributed by atoms with Gasteiger partial charge in [0.15, 0.2) is 0 Å². The minimum atomic E-state index is 0.0908. The second-order valence-corrected chi connectivity index (χ2v) is 6.14. The van der Waals surface area contributed by atoms with Crippen molar-refractivity contribution >= 4 is 5.91 Å². The van der Waals surface area contributed by atoms with Crippen molar-refractivity contribution in [3.8, 4) is 0 Å². The number of rotatable bonds is 1. The van der Waals surface area contributed by atoms with Crippen LogP contribution < -0.4 is 5.73 Å². The van der Waals surface area contributed by atoms with E-state index in [4.69, 9.17) is 5.73 Å². The Morgan fingerprint density at radius 3 is 2.50 bits per heavy atom. The van der Waals surface area contributed by atoms with Gasteiger partial charge in [-0.2, -0.15) is 0 Å². The molecular weight excluding hydrogens is 224 g/mol. The zero-order valence-electron chi connectivity index (χ0n) is 11.7. The lowest BCUT2D eigenvalue weighted by atomic mass is 9.93. The fourth-order valence-corrected chi connectivity index (χ4v) is 3.46. The van der Waals surface area contributed by atoms with Crippen LogP contribution in [0.15, 0.2) is 0 Å². The summed E-state index contributed by atoms with van der Waals surface area (Å²) in [5, 5.41) is 0. The molecule has 1 amide bonds. The highest BCUT2D eigenvalue weighted by molar-refractivity contribution is 5.80. The number of amides is 1. The SMILES string of the molecule is CC1CCCCCN1C(=O)C1CCCCCC1N. The Balaban J connectivity index is 2.03. The van der Waals surface area contributed by atoms with Gasteiger partial charge in [-0.3, -0.25) is 4.79 Å². The molecule has 0 aromatic heterocycles. The van der Waals surface area contributed by atoms with E-state index in [1.165, 1.54) is 32.1 Å². The van der Waals surface area contributed by atoms with E-state index in [1.807, 2.05) is 0 Å². The molecule has 1 heterocycles. The molecule has 1 aliphatic heterocycles. The van der Waals surface area contributed by atoms with Crippen LogP contribution in [0.3, 0.4) is 0 Å². The van der Waals surface area contributed by atoms with Gasteiger partial charge in [0.05, 0.1) is 5.92 Å². The molecule has 18 heavy (non-hydrogen) atoms. The number of nitrogens with zero attached hydrogens (tertiary/aromatic N) is 1. The molecule has 2 rings (SSSR count). The Bertz CT molecular complexity index is 254. The van der Waals surface area contributed by atoms with Crippen molar-refractivity contribution in [3.63, 3.8) is 0 Å². The third-order valence-electron chi connectivity index (χ3n) is 4.72. The van der Waals surface area contributed by atoms with Crippen LogP contribution in [0, 0.1) is 5.92 Å². The summed E-state index contributed by atoms with van der Waals surface area (Å²) >= 11 is 0. The molecule has 104 valence electrons. The Morgan fingerprint density at radius 2 is 1.67 bits per heavy atom. The average Bonchev–Trinajstić information content (AvgIpc) is 2.69. The molecule has 1 saturated heterocycles. The smallest absolute Gasteiger partial charge is 0.227 e. The van der Waals surface area contributed by atoms with Gasteiger partial charge in [0.1, 0.15) is 0 Å². The molecule has 3 heteroatoms. The van der Waals surface area contributed by atoms with E-state index in [-0.39, 0.29) is 12.0 Å². The largest absolute Gasteiger partial charge is 0.340 e. The van der Waals surface area contributed by atoms with Crippen molar-refractivity contribution in [2.75, 3.05) is 6.54 Å². The normalized spacial score (nSPS) is 34.8. The zero-order chi connectivity index (χ0) is 13.0. The Hall–Kier alpha value is -0.570. The van der Waals surface area contributed by atoms with Crippen LogP contribution in [0.2, 0.25) is 0 Å². The number of hydrogen-bond acceptors (Lipinski definition) is 2. The molecule has 3 unspecified atom stereocenters. The van der Waals surface area contributed by atoms with E-state index in [0.29, 0.717) is 11.9 Å². The van der Waals surface area contributed by atoms with Crippen molar-refractivity contribution in [3.05, 3.63) is 0 Å². The molecule has 0 bridgehead atoms. The second kappa shape index (κ2) is 6.55. The predicted molar refractivity (Wildman–Crippen MR) is 74.2 cm³/mol. The fourth-order valence-electron chi connectivity index (χ4n) is 3.46. The third-order valence-corrected chi connectivity index (χ3v) is 4.72. The van der Waals surface area contributed by atoms with Crippen LogP contribution in [0.25, 0.3) is 0 Å². The Morgan fingerprint density at radius 1 is 1.00 bits per heavy atom. The zero-order valence-corrected chi connectivity index (χ0v) is 11.7. The van der Waals surface area contributed by atoms with Crippen LogP contribution in [0.4, 0.5) is 0 Å². The standard InChI is InChI=1S/C15H28N2O/c1-12-8-4-3-7-11-17(12)15(18)13-9-5-2-6-10-14(13)16/h12-14H,2-11,16H2,1H3. The highest BCUT2D eigenvalue weighted by Crippen LogP contribution is 2.26. The number of nitrogens with two attached hydrogens (primary N) is 1. The summed E-state index contributed by atoms with van der Waals surface area (Å²) in [5.41, 5.74) is 6.22. The van der Waals surface area contributed by atoms with Crippen molar-refractivity contribution < 1.29 is 4.79 Å². The van der Waals surface area contributed by atoms with E-state index in [9.17, 15) is 4.79 Å². The van der Waals surface area contributed by atoms with Crippen LogP contribution in [0.1, 0.15) is 64.7 Å². The van der Waals surface area contributed by atoms with Crippen LogP contribution >= 0.6 is 0 Å². The molecule has 3 atom stereocenters. The van der Waals surface area contributed by atoms with E-state index in [2.05, 4.69) is 11.8 Å². The molecule has 2 N–H and O–H groups in total. The summed E-state index contributed by atoms with van der Waals surface area (Å²) in [7, 11) is 0. The summed E-state index contributed by atoms with van der Waals surface area (Å²) in [6.07, 6.45) is 10.5. The first-order valence-electron chi connectivity index (χ1n) is 7.76. The molecule has 1 aliphatic carbocycles. The van der Waals surface area contributed by atoms with Gasteiger partial charge in [0.25, 0.3) is 0 Å². The minimum Gasteiger partial charge on any atom is -0.340 e. The van der Waals surface area contributed by atoms with E-state index < -0.39 is 0 Å². The monoisotopic (exact) mass is 252 g/mol. The molecule has 2 aliphatic rings. The van der Waals surface area contributed by atoms with Crippen molar-refractivity contribution in [2.45, 2.75) is 76.8 Å². The lowest BCUT2D eigenvalue weighted by molar-refractivity contribution is -0.138. The van der Waals surface area contributed by atoms with E-state index in [0.717, 1.165) is 32.2 Å². The molecule has 0 spiro atoms. The van der Waals surface area contributed by atoms with E-state index in [1.54, 1.807) is 0 Å². The van der Waals surface area contributed by atoms with E-state index >= 15 is 0 Å². The van der Waals surface area contributed by atoms with Gasteiger partial charge in [-0.15, -0.1) is 0 Å². The highest BCUT2D eigenvalue weighted by Gasteiger charge is 2.32. The molecule has 1 saturated carbocycles. The maximum absolute atomic E-state index is 12.7. The summed E-state index contributed by atoms with van der Waals surface area (Å²) in [6, 6.07) is 0.505. The number of carbonyl (C=O) groups is 1. The summed E-state index contributed by atoms with van der Waals surface area (Å²) in [4.78, 5) is 14.9. The molecule has 0 aromatic carbocycles. The number of carbonyl (C=O) groups excluding carboxylic acids is 1. The highest BCUT2D eigenvalue weighted by atomic mass is 16.2. The lowest BCUT2D eigenvalue weighted by Gasteiger charge is -2.32. The molecule has 0 radical (unpaired) electrons. The predicted octanol–water partition coefficient (Wildman–Crippen LogP) is 2.69. The van der Waals surface area contributed by atoms with Crippen LogP contribution in [-0.2, 0) is 4.79 Å². The molecule has 0 aromatic rings. The van der Waals surface area contributed by atoms with Gasteiger partial charge >= 0.3 is 0 Å². The maximum Gasteiger partial charge on any atom is 0.227 e. The minimum absolute atomic E-state index is 0.0908. The Kier molecular flexibility index (Phi) is 5.04. The topological polar surface area (TPSA) is 46.3 Å². The maximum atomic E-state index is 12.7. The van der Waals surface area contributed by atoms with Crippen molar-refractivity contribution in [1.82, 2.24) is 4.90 Å². The summed E-state index contributed by atoms with van der Waals surface area (Å²) in [6.45, 7) is 3.15. The molecule has 3 nitrogen and oxygen atoms in total. The van der Waals surface area contributed by atoms with Crippen LogP contribution in [0.5, 0.6) is 0 Å². The first-order chi connectivity index (χ1) is 8.70. The van der Waals surface area contributed by atoms with Gasteiger partial charge in [-0.1, -0.05) is 32.1 Å². The van der Waals surface area contributed by atoms with Crippen LogP contribution in [-0.4, -0.2) is 29.4 Å². The first-order valence-corrected chi connectivity index (χ1v) is 7.76.